The summed E-state index contributed by atoms with van der Waals surface area (Å²) in [6, 6.07) is 7.65. The van der Waals surface area contributed by atoms with Gasteiger partial charge in [0, 0.05) is 12.5 Å². The number of sulfone groups is 1. The van der Waals surface area contributed by atoms with Gasteiger partial charge in [0.25, 0.3) is 0 Å². The summed E-state index contributed by atoms with van der Waals surface area (Å²) in [6.07, 6.45) is 2.89. The first-order valence-electron chi connectivity index (χ1n) is 7.32. The molecule has 1 heterocycles. The monoisotopic (exact) mass is 360 g/mol. The number of aromatic carboxylic acids is 1. The second-order valence-electron chi connectivity index (χ2n) is 5.36. The number of ether oxygens (including phenoxy) is 1. The normalized spacial score (nSPS) is 10.9. The van der Waals surface area contributed by atoms with E-state index < -0.39 is 15.8 Å². The summed E-state index contributed by atoms with van der Waals surface area (Å²) >= 11 is 0. The highest BCUT2D eigenvalue weighted by Gasteiger charge is 2.10. The SMILES string of the molecule is [C-]#[N+]c1cc(-c2cc(C(=O)O)ccn2)ccc1OCCCS(C)(=O)=O. The van der Waals surface area contributed by atoms with Crippen molar-refractivity contribution in [1.29, 1.82) is 0 Å². The van der Waals surface area contributed by atoms with Crippen LogP contribution in [-0.4, -0.2) is 43.1 Å². The first-order valence-corrected chi connectivity index (χ1v) is 9.38. The highest BCUT2D eigenvalue weighted by Crippen LogP contribution is 2.32. The maximum Gasteiger partial charge on any atom is 0.335 e. The Morgan fingerprint density at radius 1 is 1.32 bits per heavy atom. The van der Waals surface area contributed by atoms with Crippen LogP contribution < -0.4 is 4.74 Å². The molecule has 0 amide bonds. The van der Waals surface area contributed by atoms with Crippen LogP contribution in [0, 0.1) is 6.57 Å². The van der Waals surface area contributed by atoms with E-state index in [9.17, 15) is 13.2 Å². The fourth-order valence-corrected chi connectivity index (χ4v) is 2.75. The van der Waals surface area contributed by atoms with Crippen molar-refractivity contribution >= 4 is 21.5 Å². The Morgan fingerprint density at radius 2 is 2.08 bits per heavy atom. The molecular weight excluding hydrogens is 344 g/mol. The number of benzene rings is 1. The summed E-state index contributed by atoms with van der Waals surface area (Å²) in [7, 11) is -3.04. The molecule has 0 aliphatic rings. The van der Waals surface area contributed by atoms with Gasteiger partial charge in [0.2, 0.25) is 5.69 Å². The lowest BCUT2D eigenvalue weighted by molar-refractivity contribution is 0.0696. The van der Waals surface area contributed by atoms with E-state index in [2.05, 4.69) is 9.83 Å². The quantitative estimate of drug-likeness (QED) is 0.602. The molecule has 0 spiro atoms. The van der Waals surface area contributed by atoms with Gasteiger partial charge in [-0.2, -0.15) is 0 Å². The zero-order valence-corrected chi connectivity index (χ0v) is 14.3. The summed E-state index contributed by atoms with van der Waals surface area (Å²) in [5.41, 5.74) is 1.39. The van der Waals surface area contributed by atoms with Gasteiger partial charge in [0.1, 0.15) is 15.6 Å². The Bertz CT molecular complexity index is 932. The first-order chi connectivity index (χ1) is 11.8. The van der Waals surface area contributed by atoms with E-state index in [0.717, 1.165) is 6.26 Å². The molecule has 130 valence electrons. The number of carboxylic acids is 1. The molecule has 2 aromatic rings. The van der Waals surface area contributed by atoms with Gasteiger partial charge >= 0.3 is 5.97 Å². The van der Waals surface area contributed by atoms with E-state index in [1.54, 1.807) is 18.2 Å². The summed E-state index contributed by atoms with van der Waals surface area (Å²) < 4.78 is 27.7. The van der Waals surface area contributed by atoms with E-state index in [-0.39, 0.29) is 23.6 Å². The molecule has 1 aromatic heterocycles. The zero-order valence-electron chi connectivity index (χ0n) is 13.5. The molecule has 0 atom stereocenters. The third kappa shape index (κ3) is 5.29. The van der Waals surface area contributed by atoms with Gasteiger partial charge in [-0.15, -0.1) is 0 Å². The van der Waals surface area contributed by atoms with Crippen molar-refractivity contribution in [2.75, 3.05) is 18.6 Å². The molecule has 25 heavy (non-hydrogen) atoms. The van der Waals surface area contributed by atoms with E-state index >= 15 is 0 Å². The van der Waals surface area contributed by atoms with Gasteiger partial charge in [-0.3, -0.25) is 4.98 Å². The maximum absolute atomic E-state index is 11.1. The van der Waals surface area contributed by atoms with Crippen LogP contribution >= 0.6 is 0 Å². The number of hydrogen-bond donors (Lipinski definition) is 1. The summed E-state index contributed by atoms with van der Waals surface area (Å²) in [6.45, 7) is 7.45. The molecule has 0 saturated carbocycles. The smallest absolute Gasteiger partial charge is 0.335 e. The van der Waals surface area contributed by atoms with E-state index in [0.29, 0.717) is 23.4 Å². The van der Waals surface area contributed by atoms with Crippen molar-refractivity contribution in [1.82, 2.24) is 4.98 Å². The number of carboxylic acid groups (broad SMARTS) is 1. The number of aromatic nitrogens is 1. The predicted molar refractivity (Wildman–Crippen MR) is 92.7 cm³/mol. The Balaban J connectivity index is 2.18. The van der Waals surface area contributed by atoms with Crippen molar-refractivity contribution in [3.05, 3.63) is 53.5 Å². The van der Waals surface area contributed by atoms with Gasteiger partial charge in [-0.25, -0.2) is 18.1 Å². The number of rotatable bonds is 7. The van der Waals surface area contributed by atoms with Crippen molar-refractivity contribution in [2.45, 2.75) is 6.42 Å². The summed E-state index contributed by atoms with van der Waals surface area (Å²) in [5.74, 6) is -0.689. The van der Waals surface area contributed by atoms with E-state index in [1.807, 2.05) is 0 Å². The van der Waals surface area contributed by atoms with Crippen LogP contribution in [-0.2, 0) is 9.84 Å². The molecule has 0 aliphatic heterocycles. The van der Waals surface area contributed by atoms with E-state index in [1.165, 1.54) is 18.3 Å². The number of hydrogen-bond acceptors (Lipinski definition) is 5. The molecule has 1 aromatic carbocycles. The minimum absolute atomic E-state index is 0.0182. The molecule has 0 aliphatic carbocycles. The van der Waals surface area contributed by atoms with Crippen molar-refractivity contribution in [3.8, 4) is 17.0 Å². The molecule has 0 unspecified atom stereocenters. The third-order valence-electron chi connectivity index (χ3n) is 3.30. The van der Waals surface area contributed by atoms with Gasteiger partial charge in [0.05, 0.1) is 30.2 Å². The van der Waals surface area contributed by atoms with Crippen molar-refractivity contribution < 1.29 is 23.1 Å². The van der Waals surface area contributed by atoms with Crippen LogP contribution in [0.1, 0.15) is 16.8 Å². The molecule has 8 heteroatoms. The number of nitrogens with zero attached hydrogens (tertiary/aromatic N) is 2. The molecule has 0 saturated heterocycles. The Labute approximate surface area is 145 Å². The zero-order chi connectivity index (χ0) is 18.4. The maximum atomic E-state index is 11.1. The fourth-order valence-electron chi connectivity index (χ4n) is 2.11. The van der Waals surface area contributed by atoms with Crippen molar-refractivity contribution in [2.24, 2.45) is 0 Å². The lowest BCUT2D eigenvalue weighted by atomic mass is 10.1. The summed E-state index contributed by atoms with van der Waals surface area (Å²) in [5, 5.41) is 9.04. The first kappa shape index (κ1) is 18.4. The highest BCUT2D eigenvalue weighted by atomic mass is 32.2. The number of pyridine rings is 1. The van der Waals surface area contributed by atoms with E-state index in [4.69, 9.17) is 16.4 Å². The van der Waals surface area contributed by atoms with Gasteiger partial charge < -0.3 is 9.84 Å². The van der Waals surface area contributed by atoms with Crippen LogP contribution in [0.15, 0.2) is 36.5 Å². The fraction of sp³-hybridized carbons (Fsp3) is 0.235. The van der Waals surface area contributed by atoms with Crippen LogP contribution in [0.2, 0.25) is 0 Å². The molecule has 0 fully saturated rings. The van der Waals surface area contributed by atoms with Crippen LogP contribution in [0.4, 0.5) is 5.69 Å². The predicted octanol–water partition coefficient (Wildman–Crippen LogP) is 2.81. The van der Waals surface area contributed by atoms with Crippen molar-refractivity contribution in [3.63, 3.8) is 0 Å². The van der Waals surface area contributed by atoms with Gasteiger partial charge in [-0.05, 0) is 36.2 Å². The lowest BCUT2D eigenvalue weighted by Crippen LogP contribution is -2.08. The van der Waals surface area contributed by atoms with Crippen LogP contribution in [0.5, 0.6) is 5.75 Å². The molecule has 0 bridgehead atoms. The summed E-state index contributed by atoms with van der Waals surface area (Å²) in [4.78, 5) is 18.6. The third-order valence-corrected chi connectivity index (χ3v) is 4.33. The molecule has 7 nitrogen and oxygen atoms in total. The standard InChI is InChI=1S/C17H16N2O5S/c1-18-15-10-12(14-11-13(17(20)21)6-7-19-14)4-5-16(15)24-8-3-9-25(2,22)23/h4-7,10-11H,3,8-9H2,2H3,(H,20,21). The average molecular weight is 360 g/mol. The second kappa shape index (κ2) is 7.77. The van der Waals surface area contributed by atoms with Gasteiger partial charge in [0.15, 0.2) is 0 Å². The molecule has 1 N–H and O–H groups in total. The average Bonchev–Trinajstić information content (AvgIpc) is 2.58. The Kier molecular flexibility index (Phi) is 5.72. The van der Waals surface area contributed by atoms with Crippen LogP contribution in [0.3, 0.4) is 0 Å². The van der Waals surface area contributed by atoms with Crippen LogP contribution in [0.25, 0.3) is 16.1 Å². The Hall–Kier alpha value is -2.92. The second-order valence-corrected chi connectivity index (χ2v) is 7.62. The Morgan fingerprint density at radius 3 is 2.72 bits per heavy atom. The molecule has 0 radical (unpaired) electrons. The van der Waals surface area contributed by atoms with Gasteiger partial charge in [-0.1, -0.05) is 6.07 Å². The molecular formula is C17H16N2O5S. The lowest BCUT2D eigenvalue weighted by Gasteiger charge is -2.09. The topological polar surface area (TPSA) is 97.9 Å². The largest absolute Gasteiger partial charge is 0.505 e. The number of carbonyl (C=O) groups is 1. The highest BCUT2D eigenvalue weighted by molar-refractivity contribution is 7.90. The minimum atomic E-state index is -3.04. The molecule has 2 rings (SSSR count). The minimum Gasteiger partial charge on any atom is -0.505 e.